The zero-order valence-corrected chi connectivity index (χ0v) is 7.75. The first kappa shape index (κ1) is 12.2. The van der Waals surface area contributed by atoms with Crippen LogP contribution in [0.4, 0.5) is 17.6 Å². The van der Waals surface area contributed by atoms with E-state index in [9.17, 15) is 22.4 Å². The van der Waals surface area contributed by atoms with Crippen molar-refractivity contribution in [2.45, 2.75) is 12.1 Å². The number of carbonyl (C=O) groups excluding carboxylic acids is 1. The van der Waals surface area contributed by atoms with Crippen molar-refractivity contribution < 1.29 is 22.4 Å². The van der Waals surface area contributed by atoms with Gasteiger partial charge in [-0.25, -0.2) is 4.39 Å². The van der Waals surface area contributed by atoms with Crippen LogP contribution in [0.3, 0.4) is 0 Å². The lowest BCUT2D eigenvalue weighted by atomic mass is 9.96. The largest absolute Gasteiger partial charge is 0.451 e. The van der Waals surface area contributed by atoms with Crippen LogP contribution in [0.2, 0.25) is 0 Å². The maximum atomic E-state index is 12.7. The third kappa shape index (κ3) is 2.57. The summed E-state index contributed by atoms with van der Waals surface area (Å²) in [5.41, 5.74) is -0.301. The summed E-state index contributed by atoms with van der Waals surface area (Å²) in [5.74, 6) is -5.01. The Balaban J connectivity index is 3.10. The minimum Gasteiger partial charge on any atom is -0.288 e. The van der Waals surface area contributed by atoms with Gasteiger partial charge in [0, 0.05) is 0 Å². The van der Waals surface area contributed by atoms with Crippen LogP contribution in [0.5, 0.6) is 0 Å². The van der Waals surface area contributed by atoms with Crippen molar-refractivity contribution in [2.24, 2.45) is 0 Å². The van der Waals surface area contributed by atoms with E-state index in [-0.39, 0.29) is 5.56 Å². The molecule has 6 heteroatoms. The Morgan fingerprint density at radius 2 is 2.00 bits per heavy atom. The van der Waals surface area contributed by atoms with E-state index in [1.165, 1.54) is 6.07 Å². The molecule has 0 aliphatic rings. The maximum absolute atomic E-state index is 12.7. The molecular weight excluding hydrogens is 226 g/mol. The number of carbonyl (C=O) groups is 1. The molecule has 0 spiro atoms. The van der Waals surface area contributed by atoms with Crippen molar-refractivity contribution in [3.8, 4) is 6.07 Å². The predicted molar refractivity (Wildman–Crippen MR) is 45.8 cm³/mol. The van der Waals surface area contributed by atoms with E-state index < -0.39 is 23.7 Å². The van der Waals surface area contributed by atoms with Gasteiger partial charge in [0.2, 0.25) is 0 Å². The average Bonchev–Trinajstić information content (AvgIpc) is 2.17. The highest BCUT2D eigenvalue weighted by molar-refractivity contribution is 5.92. The van der Waals surface area contributed by atoms with Crippen molar-refractivity contribution in [3.63, 3.8) is 0 Å². The standard InChI is InChI=1S/C10H5F4NO/c11-7-3-1-2-6(4-7)8(5-15)9(16)10(12,13)14/h1-4,8H. The van der Waals surface area contributed by atoms with Crippen LogP contribution in [-0.2, 0) is 4.79 Å². The van der Waals surface area contributed by atoms with Gasteiger partial charge >= 0.3 is 6.18 Å². The number of Topliss-reactive ketones (excluding diaryl/α,β-unsaturated/α-hetero) is 1. The van der Waals surface area contributed by atoms with E-state index >= 15 is 0 Å². The Hall–Kier alpha value is -1.90. The molecule has 2 nitrogen and oxygen atoms in total. The third-order valence-corrected chi connectivity index (χ3v) is 1.85. The first-order valence-corrected chi connectivity index (χ1v) is 4.12. The molecule has 0 radical (unpaired) electrons. The van der Waals surface area contributed by atoms with E-state index in [1.807, 2.05) is 0 Å². The smallest absolute Gasteiger partial charge is 0.288 e. The molecule has 1 rings (SSSR count). The highest BCUT2D eigenvalue weighted by atomic mass is 19.4. The Morgan fingerprint density at radius 1 is 1.38 bits per heavy atom. The second-order valence-corrected chi connectivity index (χ2v) is 2.98. The van der Waals surface area contributed by atoms with Crippen LogP contribution in [-0.4, -0.2) is 12.0 Å². The molecule has 0 aromatic heterocycles. The summed E-state index contributed by atoms with van der Waals surface area (Å²) < 4.78 is 49.0. The van der Waals surface area contributed by atoms with Crippen LogP contribution >= 0.6 is 0 Å². The van der Waals surface area contributed by atoms with E-state index in [2.05, 4.69) is 0 Å². The first-order valence-electron chi connectivity index (χ1n) is 4.12. The number of alkyl halides is 3. The molecule has 0 amide bonds. The summed E-state index contributed by atoms with van der Waals surface area (Å²) in [4.78, 5) is 10.8. The fraction of sp³-hybridized carbons (Fsp3) is 0.200. The van der Waals surface area contributed by atoms with Gasteiger partial charge in [-0.15, -0.1) is 0 Å². The van der Waals surface area contributed by atoms with Gasteiger partial charge in [0.15, 0.2) is 0 Å². The van der Waals surface area contributed by atoms with Gasteiger partial charge in [0.25, 0.3) is 5.78 Å². The number of hydrogen-bond acceptors (Lipinski definition) is 2. The van der Waals surface area contributed by atoms with Crippen LogP contribution in [0.1, 0.15) is 11.5 Å². The van der Waals surface area contributed by atoms with Gasteiger partial charge in [-0.05, 0) is 17.7 Å². The molecule has 0 bridgehead atoms. The van der Waals surface area contributed by atoms with Crippen LogP contribution in [0.15, 0.2) is 24.3 Å². The minimum absolute atomic E-state index is 0.301. The Kier molecular flexibility index (Phi) is 3.28. The van der Waals surface area contributed by atoms with E-state index in [4.69, 9.17) is 5.26 Å². The molecule has 0 saturated carbocycles. The number of ketones is 1. The van der Waals surface area contributed by atoms with E-state index in [1.54, 1.807) is 0 Å². The molecule has 0 heterocycles. The fourth-order valence-electron chi connectivity index (χ4n) is 1.13. The Bertz CT molecular complexity index is 447. The van der Waals surface area contributed by atoms with Crippen LogP contribution < -0.4 is 0 Å². The minimum atomic E-state index is -5.10. The average molecular weight is 231 g/mol. The number of benzene rings is 1. The predicted octanol–water partition coefficient (Wildman–Crippen LogP) is 2.56. The van der Waals surface area contributed by atoms with Gasteiger partial charge < -0.3 is 0 Å². The Morgan fingerprint density at radius 3 is 2.44 bits per heavy atom. The van der Waals surface area contributed by atoms with E-state index in [0.29, 0.717) is 0 Å². The topological polar surface area (TPSA) is 40.9 Å². The SMILES string of the molecule is N#CC(C(=O)C(F)(F)F)c1cccc(F)c1. The maximum Gasteiger partial charge on any atom is 0.451 e. The number of rotatable bonds is 2. The lowest BCUT2D eigenvalue weighted by Crippen LogP contribution is -2.28. The van der Waals surface area contributed by atoms with Crippen LogP contribution in [0, 0.1) is 17.1 Å². The third-order valence-electron chi connectivity index (χ3n) is 1.85. The second kappa shape index (κ2) is 4.31. The monoisotopic (exact) mass is 231 g/mol. The van der Waals surface area contributed by atoms with Gasteiger partial charge in [-0.2, -0.15) is 18.4 Å². The molecule has 0 N–H and O–H groups in total. The summed E-state index contributed by atoms with van der Waals surface area (Å²) in [6.07, 6.45) is -5.10. The molecule has 1 aromatic rings. The van der Waals surface area contributed by atoms with Crippen molar-refractivity contribution in [3.05, 3.63) is 35.6 Å². The fourth-order valence-corrected chi connectivity index (χ4v) is 1.13. The lowest BCUT2D eigenvalue weighted by molar-refractivity contribution is -0.171. The number of nitriles is 1. The molecule has 0 fully saturated rings. The first-order chi connectivity index (χ1) is 7.36. The second-order valence-electron chi connectivity index (χ2n) is 2.98. The van der Waals surface area contributed by atoms with Gasteiger partial charge in [0.05, 0.1) is 6.07 Å². The quantitative estimate of drug-likeness (QED) is 0.734. The molecule has 1 aromatic carbocycles. The van der Waals surface area contributed by atoms with Gasteiger partial charge in [-0.1, -0.05) is 12.1 Å². The normalized spacial score (nSPS) is 12.9. The molecule has 0 saturated heterocycles. The number of halogens is 4. The van der Waals surface area contributed by atoms with Crippen LogP contribution in [0.25, 0.3) is 0 Å². The summed E-state index contributed by atoms with van der Waals surface area (Å²) in [6.45, 7) is 0. The summed E-state index contributed by atoms with van der Waals surface area (Å²) in [6, 6.07) is 5.19. The highest BCUT2D eigenvalue weighted by Gasteiger charge is 2.44. The number of nitrogens with zero attached hydrogens (tertiary/aromatic N) is 1. The summed E-state index contributed by atoms with van der Waals surface area (Å²) in [5, 5.41) is 8.51. The molecular formula is C10H5F4NO. The van der Waals surface area contributed by atoms with E-state index in [0.717, 1.165) is 24.3 Å². The lowest BCUT2D eigenvalue weighted by Gasteiger charge is -2.10. The van der Waals surface area contributed by atoms with Crippen molar-refractivity contribution in [1.82, 2.24) is 0 Å². The van der Waals surface area contributed by atoms with Crippen molar-refractivity contribution in [2.75, 3.05) is 0 Å². The van der Waals surface area contributed by atoms with Gasteiger partial charge in [-0.3, -0.25) is 4.79 Å². The molecule has 1 unspecified atom stereocenters. The molecule has 84 valence electrons. The number of hydrogen-bond donors (Lipinski definition) is 0. The molecule has 1 atom stereocenters. The Labute approximate surface area is 88.1 Å². The molecule has 0 aliphatic heterocycles. The van der Waals surface area contributed by atoms with Crippen molar-refractivity contribution in [1.29, 1.82) is 5.26 Å². The van der Waals surface area contributed by atoms with Gasteiger partial charge in [0.1, 0.15) is 11.7 Å². The zero-order valence-electron chi connectivity index (χ0n) is 7.75. The van der Waals surface area contributed by atoms with Crippen molar-refractivity contribution >= 4 is 5.78 Å². The molecule has 16 heavy (non-hydrogen) atoms. The molecule has 0 aliphatic carbocycles. The zero-order chi connectivity index (χ0) is 12.3. The highest BCUT2D eigenvalue weighted by Crippen LogP contribution is 2.27. The summed E-state index contributed by atoms with van der Waals surface area (Å²) in [7, 11) is 0. The summed E-state index contributed by atoms with van der Waals surface area (Å²) >= 11 is 0.